The molecule has 1 aliphatic rings. The van der Waals surface area contributed by atoms with Gasteiger partial charge >= 0.3 is 6.09 Å². The molecule has 3 aromatic rings. The first-order valence-electron chi connectivity index (χ1n) is 9.46. The van der Waals surface area contributed by atoms with Crippen LogP contribution >= 0.6 is 22.9 Å². The van der Waals surface area contributed by atoms with Gasteiger partial charge in [-0.25, -0.2) is 4.79 Å². The van der Waals surface area contributed by atoms with Gasteiger partial charge in [-0.05, 0) is 48.9 Å². The van der Waals surface area contributed by atoms with E-state index >= 15 is 0 Å². The van der Waals surface area contributed by atoms with Crippen molar-refractivity contribution in [2.24, 2.45) is 5.73 Å². The van der Waals surface area contributed by atoms with Gasteiger partial charge < -0.3 is 15.4 Å². The Balaban J connectivity index is 1.61. The van der Waals surface area contributed by atoms with Gasteiger partial charge in [0.1, 0.15) is 6.10 Å². The molecule has 2 amide bonds. The van der Waals surface area contributed by atoms with Crippen LogP contribution in [0.1, 0.15) is 28.1 Å². The molecule has 0 aliphatic carbocycles. The van der Waals surface area contributed by atoms with Crippen molar-refractivity contribution in [1.29, 1.82) is 0 Å². The zero-order valence-electron chi connectivity index (χ0n) is 16.0. The van der Waals surface area contributed by atoms with Gasteiger partial charge in [-0.15, -0.1) is 11.3 Å². The van der Waals surface area contributed by atoms with Gasteiger partial charge in [0, 0.05) is 21.8 Å². The molecule has 0 saturated carbocycles. The Bertz CT molecular complexity index is 1080. The van der Waals surface area contributed by atoms with E-state index in [4.69, 9.17) is 22.1 Å². The third-order valence-electron chi connectivity index (χ3n) is 5.13. The number of fused-ring (bicyclic) bond motifs is 1. The predicted molar refractivity (Wildman–Crippen MR) is 117 cm³/mol. The van der Waals surface area contributed by atoms with Crippen LogP contribution in [0, 0.1) is 6.92 Å². The summed E-state index contributed by atoms with van der Waals surface area (Å²) in [7, 11) is 0. The second kappa shape index (κ2) is 8.05. The maximum absolute atomic E-state index is 13.0. The smallest absolute Gasteiger partial charge is 0.404 e. The standard InChI is InChI=1S/C22H21ClN2O3S/c1-13-4-6-14(7-5-13)17-11-19-15(9-18(17)23)10-20(29-19)21(26)25-8-2-3-16(12-25)28-22(24)27/h4-7,9-11,16H,2-3,8,12H2,1H3,(H2,24,27)/t16-/m1/s1. The summed E-state index contributed by atoms with van der Waals surface area (Å²) >= 11 is 7.98. The van der Waals surface area contributed by atoms with Crippen molar-refractivity contribution in [1.82, 2.24) is 4.90 Å². The molecule has 0 unspecified atom stereocenters. The first kappa shape index (κ1) is 19.7. The molecule has 2 N–H and O–H groups in total. The SMILES string of the molecule is Cc1ccc(-c2cc3sc(C(=O)N4CCC[C@@H](OC(N)=O)C4)cc3cc2Cl)cc1. The number of nitrogens with two attached hydrogens (primary N) is 1. The third-order valence-corrected chi connectivity index (χ3v) is 6.53. The summed E-state index contributed by atoms with van der Waals surface area (Å²) in [6.45, 7) is 3.05. The van der Waals surface area contributed by atoms with Crippen LogP contribution < -0.4 is 5.73 Å². The number of likely N-dealkylation sites (tertiary alicyclic amines) is 1. The molecule has 1 fully saturated rings. The maximum Gasteiger partial charge on any atom is 0.404 e. The maximum atomic E-state index is 13.0. The highest BCUT2D eigenvalue weighted by molar-refractivity contribution is 7.20. The number of rotatable bonds is 3. The summed E-state index contributed by atoms with van der Waals surface area (Å²) < 4.78 is 6.10. The fourth-order valence-electron chi connectivity index (χ4n) is 3.66. The van der Waals surface area contributed by atoms with Gasteiger partial charge in [0.2, 0.25) is 0 Å². The summed E-state index contributed by atoms with van der Waals surface area (Å²) in [4.78, 5) is 26.4. The molecule has 0 radical (unpaired) electrons. The number of carbonyl (C=O) groups is 2. The number of primary amides is 1. The second-order valence-electron chi connectivity index (χ2n) is 7.30. The Morgan fingerprint density at radius 1 is 1.21 bits per heavy atom. The van der Waals surface area contributed by atoms with E-state index in [-0.39, 0.29) is 12.0 Å². The van der Waals surface area contributed by atoms with Crippen LogP contribution in [0.25, 0.3) is 21.2 Å². The lowest BCUT2D eigenvalue weighted by Crippen LogP contribution is -2.44. The molecule has 1 aliphatic heterocycles. The number of hydrogen-bond acceptors (Lipinski definition) is 4. The molecular weight excluding hydrogens is 408 g/mol. The van der Waals surface area contributed by atoms with Crippen LogP contribution in [0.15, 0.2) is 42.5 Å². The van der Waals surface area contributed by atoms with Gasteiger partial charge in [0.25, 0.3) is 5.91 Å². The van der Waals surface area contributed by atoms with Crippen molar-refractivity contribution in [3.8, 4) is 11.1 Å². The number of ether oxygens (including phenoxy) is 1. The number of thiophene rings is 1. The van der Waals surface area contributed by atoms with E-state index < -0.39 is 6.09 Å². The molecular formula is C22H21ClN2O3S. The van der Waals surface area contributed by atoms with Gasteiger partial charge in [0.05, 0.1) is 11.4 Å². The van der Waals surface area contributed by atoms with Gasteiger partial charge in [0.15, 0.2) is 0 Å². The van der Waals surface area contributed by atoms with Crippen LogP contribution in [0.5, 0.6) is 0 Å². The quantitative estimate of drug-likeness (QED) is 0.620. The first-order valence-corrected chi connectivity index (χ1v) is 10.7. The van der Waals surface area contributed by atoms with Crippen molar-refractivity contribution in [2.45, 2.75) is 25.9 Å². The number of amides is 2. The number of nitrogens with zero attached hydrogens (tertiary/aromatic N) is 1. The molecule has 1 saturated heterocycles. The molecule has 4 rings (SSSR count). The number of halogens is 1. The monoisotopic (exact) mass is 428 g/mol. The van der Waals surface area contributed by atoms with Crippen LogP contribution in [-0.4, -0.2) is 36.1 Å². The fourth-order valence-corrected chi connectivity index (χ4v) is 4.99. The summed E-state index contributed by atoms with van der Waals surface area (Å²) in [6.07, 6.45) is 0.346. The largest absolute Gasteiger partial charge is 0.445 e. The molecule has 0 bridgehead atoms. The molecule has 5 nitrogen and oxygen atoms in total. The molecule has 0 spiro atoms. The topological polar surface area (TPSA) is 72.6 Å². The average molecular weight is 429 g/mol. The lowest BCUT2D eigenvalue weighted by molar-refractivity contribution is 0.0376. The van der Waals surface area contributed by atoms with Crippen LogP contribution in [0.4, 0.5) is 4.79 Å². The minimum Gasteiger partial charge on any atom is -0.445 e. The summed E-state index contributed by atoms with van der Waals surface area (Å²) in [5.41, 5.74) is 8.31. The van der Waals surface area contributed by atoms with E-state index in [2.05, 4.69) is 24.3 Å². The molecule has 2 aromatic carbocycles. The lowest BCUT2D eigenvalue weighted by Gasteiger charge is -2.31. The second-order valence-corrected chi connectivity index (χ2v) is 8.79. The predicted octanol–water partition coefficient (Wildman–Crippen LogP) is 5.23. The van der Waals surface area contributed by atoms with Crippen molar-refractivity contribution < 1.29 is 14.3 Å². The van der Waals surface area contributed by atoms with Crippen LogP contribution in [-0.2, 0) is 4.74 Å². The van der Waals surface area contributed by atoms with Gasteiger partial charge in [-0.2, -0.15) is 0 Å². The van der Waals surface area contributed by atoms with E-state index in [1.165, 1.54) is 16.9 Å². The lowest BCUT2D eigenvalue weighted by atomic mass is 10.0. The fraction of sp³-hybridized carbons (Fsp3) is 0.273. The summed E-state index contributed by atoms with van der Waals surface area (Å²) in [5.74, 6) is -0.0584. The first-order chi connectivity index (χ1) is 13.9. The Morgan fingerprint density at radius 3 is 2.69 bits per heavy atom. The highest BCUT2D eigenvalue weighted by Gasteiger charge is 2.27. The molecule has 1 atom stereocenters. The molecule has 7 heteroatoms. The number of piperidine rings is 1. The minimum atomic E-state index is -0.801. The number of carbonyl (C=O) groups excluding carboxylic acids is 2. The zero-order chi connectivity index (χ0) is 20.5. The molecule has 29 heavy (non-hydrogen) atoms. The summed E-state index contributed by atoms with van der Waals surface area (Å²) in [6, 6.07) is 14.0. The number of aryl methyl sites for hydroxylation is 1. The highest BCUT2D eigenvalue weighted by Crippen LogP contribution is 2.36. The third kappa shape index (κ3) is 4.23. The van der Waals surface area contributed by atoms with Crippen molar-refractivity contribution in [2.75, 3.05) is 13.1 Å². The normalized spacial score (nSPS) is 16.8. The molecule has 1 aromatic heterocycles. The van der Waals surface area contributed by atoms with E-state index in [1.54, 1.807) is 4.90 Å². The Hall–Kier alpha value is -2.57. The highest BCUT2D eigenvalue weighted by atomic mass is 35.5. The molecule has 150 valence electrons. The minimum absolute atomic E-state index is 0.0584. The van der Waals surface area contributed by atoms with E-state index in [0.717, 1.165) is 27.6 Å². The van der Waals surface area contributed by atoms with Crippen molar-refractivity contribution in [3.63, 3.8) is 0 Å². The number of benzene rings is 2. The Labute approximate surface area is 178 Å². The van der Waals surface area contributed by atoms with E-state index in [1.807, 2.05) is 25.1 Å². The van der Waals surface area contributed by atoms with E-state index in [0.29, 0.717) is 29.4 Å². The molecule has 2 heterocycles. The van der Waals surface area contributed by atoms with Crippen LogP contribution in [0.3, 0.4) is 0 Å². The summed E-state index contributed by atoms with van der Waals surface area (Å²) in [5, 5.41) is 1.60. The Kier molecular flexibility index (Phi) is 5.48. The van der Waals surface area contributed by atoms with Crippen molar-refractivity contribution >= 4 is 45.0 Å². The van der Waals surface area contributed by atoms with Gasteiger partial charge in [-0.3, -0.25) is 4.79 Å². The van der Waals surface area contributed by atoms with E-state index in [9.17, 15) is 9.59 Å². The zero-order valence-corrected chi connectivity index (χ0v) is 17.6. The van der Waals surface area contributed by atoms with Crippen LogP contribution in [0.2, 0.25) is 5.02 Å². The van der Waals surface area contributed by atoms with Crippen molar-refractivity contribution in [3.05, 3.63) is 57.9 Å². The van der Waals surface area contributed by atoms with Gasteiger partial charge in [-0.1, -0.05) is 41.4 Å². The number of hydrogen-bond donors (Lipinski definition) is 1. The average Bonchev–Trinajstić information content (AvgIpc) is 3.10. The Morgan fingerprint density at radius 2 is 1.97 bits per heavy atom.